The van der Waals surface area contributed by atoms with Gasteiger partial charge in [-0.15, -0.1) is 0 Å². The maximum Gasteiger partial charge on any atom is 0.241 e. The summed E-state index contributed by atoms with van der Waals surface area (Å²) in [6, 6.07) is 5.65. The first-order chi connectivity index (χ1) is 11.2. The smallest absolute Gasteiger partial charge is 0.241 e. The number of benzene rings is 1. The Morgan fingerprint density at radius 2 is 2.17 bits per heavy atom. The number of aliphatic hydroxyl groups excluding tert-OH is 1. The molecule has 3 N–H and O–H groups in total. The Morgan fingerprint density at radius 1 is 1.46 bits per heavy atom. The van der Waals surface area contributed by atoms with Crippen molar-refractivity contribution in [3.63, 3.8) is 0 Å². The SMILES string of the molecule is Cc1n[nH]c2cccc(OC[C@@H](O)CNC(C)(C)C(=O)N(C)C)c12. The third-order valence-corrected chi connectivity index (χ3v) is 3.88. The van der Waals surface area contributed by atoms with Crippen molar-refractivity contribution < 1.29 is 14.6 Å². The van der Waals surface area contributed by atoms with Crippen LogP contribution in [0.3, 0.4) is 0 Å². The maximum absolute atomic E-state index is 12.1. The topological polar surface area (TPSA) is 90.5 Å². The summed E-state index contributed by atoms with van der Waals surface area (Å²) in [7, 11) is 3.42. The van der Waals surface area contributed by atoms with Crippen LogP contribution < -0.4 is 10.1 Å². The van der Waals surface area contributed by atoms with Crippen LogP contribution in [0.1, 0.15) is 19.5 Å². The van der Waals surface area contributed by atoms with Crippen molar-refractivity contribution in [3.05, 3.63) is 23.9 Å². The second kappa shape index (κ2) is 7.19. The van der Waals surface area contributed by atoms with Gasteiger partial charge in [-0.1, -0.05) is 6.07 Å². The van der Waals surface area contributed by atoms with Crippen LogP contribution in [-0.2, 0) is 4.79 Å². The molecule has 1 amide bonds. The van der Waals surface area contributed by atoms with E-state index in [1.165, 1.54) is 4.90 Å². The molecule has 0 saturated carbocycles. The Morgan fingerprint density at radius 3 is 2.83 bits per heavy atom. The van der Waals surface area contributed by atoms with Crippen LogP contribution in [0.4, 0.5) is 0 Å². The summed E-state index contributed by atoms with van der Waals surface area (Å²) >= 11 is 0. The number of amides is 1. The summed E-state index contributed by atoms with van der Waals surface area (Å²) in [4.78, 5) is 13.6. The fourth-order valence-electron chi connectivity index (χ4n) is 2.57. The molecular formula is C17H26N4O3. The molecule has 0 saturated heterocycles. The molecule has 2 rings (SSSR count). The molecule has 1 heterocycles. The van der Waals surface area contributed by atoms with E-state index in [1.807, 2.05) is 25.1 Å². The number of aryl methyl sites for hydroxylation is 1. The van der Waals surface area contributed by atoms with Crippen LogP contribution in [0, 0.1) is 6.92 Å². The van der Waals surface area contributed by atoms with E-state index in [9.17, 15) is 9.90 Å². The van der Waals surface area contributed by atoms with Crippen LogP contribution in [0.2, 0.25) is 0 Å². The minimum Gasteiger partial charge on any atom is -0.490 e. The molecule has 7 heteroatoms. The number of hydrogen-bond acceptors (Lipinski definition) is 5. The first-order valence-electron chi connectivity index (χ1n) is 7.93. The molecule has 0 aliphatic rings. The molecule has 7 nitrogen and oxygen atoms in total. The molecule has 0 aliphatic carbocycles. The number of β-amino-alcohol motifs (C(OH)–C–C–N with tert-alkyl or cyclic N) is 1. The molecule has 132 valence electrons. The fourth-order valence-corrected chi connectivity index (χ4v) is 2.57. The third-order valence-electron chi connectivity index (χ3n) is 3.88. The molecule has 1 atom stereocenters. The van der Waals surface area contributed by atoms with Crippen molar-refractivity contribution in [1.29, 1.82) is 0 Å². The Balaban J connectivity index is 1.92. The van der Waals surface area contributed by atoms with Gasteiger partial charge in [0.1, 0.15) is 18.5 Å². The number of H-pyrrole nitrogens is 1. The van der Waals surface area contributed by atoms with Crippen molar-refractivity contribution in [2.75, 3.05) is 27.2 Å². The van der Waals surface area contributed by atoms with Gasteiger partial charge in [0.2, 0.25) is 5.91 Å². The van der Waals surface area contributed by atoms with Crippen molar-refractivity contribution in [1.82, 2.24) is 20.4 Å². The van der Waals surface area contributed by atoms with E-state index in [2.05, 4.69) is 15.5 Å². The standard InChI is InChI=1S/C17H26N4O3/c1-11-15-13(20-19-11)7-6-8-14(15)24-10-12(22)9-18-17(2,3)16(23)21(4)5/h6-8,12,18,22H,9-10H2,1-5H3,(H,19,20)/t12-/m0/s1. The lowest BCUT2D eigenvalue weighted by Gasteiger charge is -2.29. The van der Waals surface area contributed by atoms with Crippen LogP contribution >= 0.6 is 0 Å². The first kappa shape index (κ1) is 18.2. The van der Waals surface area contributed by atoms with Gasteiger partial charge in [0.15, 0.2) is 0 Å². The number of aromatic nitrogens is 2. The van der Waals surface area contributed by atoms with Gasteiger partial charge in [0.25, 0.3) is 0 Å². The average molecular weight is 334 g/mol. The number of aromatic amines is 1. The van der Waals surface area contributed by atoms with E-state index in [4.69, 9.17) is 4.74 Å². The van der Waals surface area contributed by atoms with E-state index >= 15 is 0 Å². The molecule has 0 radical (unpaired) electrons. The molecule has 0 unspecified atom stereocenters. The lowest BCUT2D eigenvalue weighted by Crippen LogP contribution is -2.54. The molecule has 1 aromatic carbocycles. The monoisotopic (exact) mass is 334 g/mol. The maximum atomic E-state index is 12.1. The number of hydrogen-bond donors (Lipinski definition) is 3. The number of likely N-dealkylation sites (N-methyl/N-ethyl adjacent to an activating group) is 1. The Kier molecular flexibility index (Phi) is 5.46. The van der Waals surface area contributed by atoms with Crippen molar-refractivity contribution >= 4 is 16.8 Å². The van der Waals surface area contributed by atoms with Crippen molar-refractivity contribution in [2.24, 2.45) is 0 Å². The van der Waals surface area contributed by atoms with Crippen LogP contribution in [0.15, 0.2) is 18.2 Å². The van der Waals surface area contributed by atoms with Crippen LogP contribution in [-0.4, -0.2) is 65.0 Å². The summed E-state index contributed by atoms with van der Waals surface area (Å²) in [5.41, 5.74) is 1.01. The van der Waals surface area contributed by atoms with E-state index in [0.29, 0.717) is 5.75 Å². The lowest BCUT2D eigenvalue weighted by atomic mass is 10.0. The quantitative estimate of drug-likeness (QED) is 0.704. The Labute approximate surface area is 142 Å². The minimum atomic E-state index is -0.744. The number of nitrogens with one attached hydrogen (secondary N) is 2. The molecule has 1 aromatic heterocycles. The second-order valence-corrected chi connectivity index (χ2v) is 6.66. The zero-order valence-corrected chi connectivity index (χ0v) is 14.9. The van der Waals surface area contributed by atoms with Gasteiger partial charge in [-0.2, -0.15) is 5.10 Å². The number of ether oxygens (including phenoxy) is 1. The highest BCUT2D eigenvalue weighted by Crippen LogP contribution is 2.26. The van der Waals surface area contributed by atoms with E-state index in [1.54, 1.807) is 27.9 Å². The molecule has 0 spiro atoms. The van der Waals surface area contributed by atoms with E-state index < -0.39 is 11.6 Å². The molecular weight excluding hydrogens is 308 g/mol. The Hall–Kier alpha value is -2.12. The average Bonchev–Trinajstić information content (AvgIpc) is 2.92. The summed E-state index contributed by atoms with van der Waals surface area (Å²) in [5.74, 6) is 0.635. The highest BCUT2D eigenvalue weighted by Gasteiger charge is 2.29. The summed E-state index contributed by atoms with van der Waals surface area (Å²) in [5, 5.41) is 21.3. The predicted molar refractivity (Wildman–Crippen MR) is 93.1 cm³/mol. The number of fused-ring (bicyclic) bond motifs is 1. The number of rotatable bonds is 7. The number of nitrogens with zero attached hydrogens (tertiary/aromatic N) is 2. The minimum absolute atomic E-state index is 0.0468. The van der Waals surface area contributed by atoms with Crippen LogP contribution in [0.5, 0.6) is 5.75 Å². The molecule has 0 bridgehead atoms. The summed E-state index contributed by atoms with van der Waals surface area (Å²) in [6.45, 7) is 5.87. The summed E-state index contributed by atoms with van der Waals surface area (Å²) < 4.78 is 5.75. The first-order valence-corrected chi connectivity index (χ1v) is 7.93. The normalized spacial score (nSPS) is 13.1. The summed E-state index contributed by atoms with van der Waals surface area (Å²) in [6.07, 6.45) is -0.735. The van der Waals surface area contributed by atoms with Gasteiger partial charge in [0, 0.05) is 20.6 Å². The van der Waals surface area contributed by atoms with Crippen molar-refractivity contribution in [3.8, 4) is 5.75 Å². The zero-order chi connectivity index (χ0) is 17.9. The van der Waals surface area contributed by atoms with Gasteiger partial charge in [0.05, 0.1) is 22.1 Å². The lowest BCUT2D eigenvalue weighted by molar-refractivity contribution is -0.134. The fraction of sp³-hybridized carbons (Fsp3) is 0.529. The highest BCUT2D eigenvalue weighted by molar-refractivity contribution is 5.87. The van der Waals surface area contributed by atoms with Crippen molar-refractivity contribution in [2.45, 2.75) is 32.4 Å². The highest BCUT2D eigenvalue weighted by atomic mass is 16.5. The van der Waals surface area contributed by atoms with E-state index in [-0.39, 0.29) is 19.1 Å². The van der Waals surface area contributed by atoms with Gasteiger partial charge >= 0.3 is 0 Å². The Bertz CT molecular complexity index is 709. The van der Waals surface area contributed by atoms with Gasteiger partial charge in [-0.25, -0.2) is 0 Å². The molecule has 24 heavy (non-hydrogen) atoms. The van der Waals surface area contributed by atoms with E-state index in [0.717, 1.165) is 16.6 Å². The number of aliphatic hydroxyl groups is 1. The number of carbonyl (C=O) groups excluding carboxylic acids is 1. The zero-order valence-electron chi connectivity index (χ0n) is 14.9. The molecule has 2 aromatic rings. The third kappa shape index (κ3) is 4.04. The van der Waals surface area contributed by atoms with Gasteiger partial charge < -0.3 is 20.1 Å². The molecule has 0 aliphatic heterocycles. The largest absolute Gasteiger partial charge is 0.490 e. The van der Waals surface area contributed by atoms with Gasteiger partial charge in [-0.3, -0.25) is 9.89 Å². The van der Waals surface area contributed by atoms with Crippen LogP contribution in [0.25, 0.3) is 10.9 Å². The number of carbonyl (C=O) groups is 1. The predicted octanol–water partition coefficient (Wildman–Crippen LogP) is 1.07. The molecule has 0 fully saturated rings. The van der Waals surface area contributed by atoms with Gasteiger partial charge in [-0.05, 0) is 32.9 Å². The second-order valence-electron chi connectivity index (χ2n) is 6.66.